The van der Waals surface area contributed by atoms with Gasteiger partial charge in [0.05, 0.1) is 16.5 Å². The van der Waals surface area contributed by atoms with Crippen LogP contribution in [0, 0.1) is 18.3 Å². The maximum Gasteiger partial charge on any atom is 0.240 e. The van der Waals surface area contributed by atoms with Crippen LogP contribution in [0.3, 0.4) is 0 Å². The molecule has 2 rings (SSSR count). The summed E-state index contributed by atoms with van der Waals surface area (Å²) < 4.78 is 27.3. The maximum absolute atomic E-state index is 12.3. The van der Waals surface area contributed by atoms with Gasteiger partial charge in [0, 0.05) is 11.8 Å². The number of aryl methyl sites for hydroxylation is 1. The van der Waals surface area contributed by atoms with E-state index in [0.29, 0.717) is 22.9 Å². The molecule has 1 saturated heterocycles. The van der Waals surface area contributed by atoms with Gasteiger partial charge in [-0.3, -0.25) is 0 Å². The molecule has 1 atom stereocenters. The molecule has 1 aliphatic heterocycles. The van der Waals surface area contributed by atoms with Crippen molar-refractivity contribution in [1.29, 1.82) is 5.26 Å². The summed E-state index contributed by atoms with van der Waals surface area (Å²) >= 11 is 1.83. The highest BCUT2D eigenvalue weighted by Crippen LogP contribution is 2.25. The van der Waals surface area contributed by atoms with Gasteiger partial charge in [0.2, 0.25) is 10.0 Å². The Bertz CT molecular complexity index is 615. The molecule has 0 aromatic heterocycles. The molecule has 1 N–H and O–H groups in total. The molecule has 1 heterocycles. The first-order valence-electron chi connectivity index (χ1n) is 6.65. The smallest absolute Gasteiger partial charge is 0.210 e. The Morgan fingerprint density at radius 2 is 2.25 bits per heavy atom. The molecular weight excluding hydrogens is 292 g/mol. The van der Waals surface area contributed by atoms with E-state index in [4.69, 9.17) is 5.26 Å². The molecule has 0 bridgehead atoms. The highest BCUT2D eigenvalue weighted by Gasteiger charge is 2.20. The van der Waals surface area contributed by atoms with E-state index in [2.05, 4.69) is 4.72 Å². The van der Waals surface area contributed by atoms with Crippen molar-refractivity contribution in [2.75, 3.05) is 12.3 Å². The molecule has 1 aromatic rings. The number of nitrogens with one attached hydrogen (secondary N) is 1. The fraction of sp³-hybridized carbons (Fsp3) is 0.500. The van der Waals surface area contributed by atoms with E-state index in [9.17, 15) is 8.42 Å². The monoisotopic (exact) mass is 310 g/mol. The van der Waals surface area contributed by atoms with E-state index in [-0.39, 0.29) is 4.90 Å². The van der Waals surface area contributed by atoms with Gasteiger partial charge in [0.1, 0.15) is 0 Å². The second kappa shape index (κ2) is 6.61. The van der Waals surface area contributed by atoms with Gasteiger partial charge in [0.15, 0.2) is 0 Å². The predicted molar refractivity (Wildman–Crippen MR) is 81.2 cm³/mol. The minimum Gasteiger partial charge on any atom is -0.210 e. The molecule has 0 amide bonds. The van der Waals surface area contributed by atoms with Crippen LogP contribution in [-0.4, -0.2) is 26.0 Å². The van der Waals surface area contributed by atoms with E-state index in [1.165, 1.54) is 18.9 Å². The quantitative estimate of drug-likeness (QED) is 0.927. The number of benzene rings is 1. The average Bonchev–Trinajstić information content (AvgIpc) is 2.47. The van der Waals surface area contributed by atoms with Crippen LogP contribution in [0.25, 0.3) is 0 Å². The standard InChI is InChI=1S/C14H18N2O2S2/c1-11-5-6-12(9-15)8-14(11)20(17,18)16-10-13-4-2-3-7-19-13/h5-6,8,13,16H,2-4,7,10H2,1H3. The van der Waals surface area contributed by atoms with Crippen LogP contribution >= 0.6 is 11.8 Å². The number of hydrogen-bond donors (Lipinski definition) is 1. The summed E-state index contributed by atoms with van der Waals surface area (Å²) in [6.45, 7) is 2.20. The highest BCUT2D eigenvalue weighted by molar-refractivity contribution is 8.00. The van der Waals surface area contributed by atoms with Gasteiger partial charge < -0.3 is 0 Å². The third kappa shape index (κ3) is 3.75. The fourth-order valence-electron chi connectivity index (χ4n) is 2.21. The topological polar surface area (TPSA) is 70.0 Å². The SMILES string of the molecule is Cc1ccc(C#N)cc1S(=O)(=O)NCC1CCCCS1. The van der Waals surface area contributed by atoms with Gasteiger partial charge >= 0.3 is 0 Å². The van der Waals surface area contributed by atoms with Gasteiger partial charge in [0.25, 0.3) is 0 Å². The van der Waals surface area contributed by atoms with Crippen LogP contribution in [0.5, 0.6) is 0 Å². The molecule has 1 unspecified atom stereocenters. The molecule has 0 aliphatic carbocycles. The minimum atomic E-state index is -3.54. The molecule has 4 nitrogen and oxygen atoms in total. The summed E-state index contributed by atoms with van der Waals surface area (Å²) in [5, 5.41) is 9.24. The number of nitrogens with zero attached hydrogens (tertiary/aromatic N) is 1. The average molecular weight is 310 g/mol. The minimum absolute atomic E-state index is 0.206. The van der Waals surface area contributed by atoms with E-state index in [1.54, 1.807) is 19.1 Å². The van der Waals surface area contributed by atoms with Crippen molar-refractivity contribution >= 4 is 21.8 Å². The zero-order chi connectivity index (χ0) is 14.6. The molecule has 6 heteroatoms. The lowest BCUT2D eigenvalue weighted by atomic mass is 10.2. The fourth-order valence-corrected chi connectivity index (χ4v) is 4.90. The van der Waals surface area contributed by atoms with Gasteiger partial charge in [-0.25, -0.2) is 13.1 Å². The van der Waals surface area contributed by atoms with Crippen LogP contribution in [0.2, 0.25) is 0 Å². The summed E-state index contributed by atoms with van der Waals surface area (Å²) in [6, 6.07) is 6.71. The van der Waals surface area contributed by atoms with Crippen LogP contribution in [0.4, 0.5) is 0 Å². The summed E-state index contributed by atoms with van der Waals surface area (Å²) in [5.41, 5.74) is 1.02. The normalized spacial score (nSPS) is 19.5. The van der Waals surface area contributed by atoms with Crippen LogP contribution in [0.1, 0.15) is 30.4 Å². The van der Waals surface area contributed by atoms with Crippen LogP contribution in [-0.2, 0) is 10.0 Å². The number of rotatable bonds is 4. The van der Waals surface area contributed by atoms with Crippen molar-refractivity contribution in [1.82, 2.24) is 4.72 Å². The summed E-state index contributed by atoms with van der Waals surface area (Å²) in [6.07, 6.45) is 3.45. The number of thioether (sulfide) groups is 1. The van der Waals surface area contributed by atoms with E-state index in [1.807, 2.05) is 17.8 Å². The summed E-state index contributed by atoms with van der Waals surface area (Å²) in [7, 11) is -3.54. The molecule has 0 radical (unpaired) electrons. The largest absolute Gasteiger partial charge is 0.240 e. The third-order valence-corrected chi connectivity index (χ3v) is 6.35. The van der Waals surface area contributed by atoms with Crippen LogP contribution < -0.4 is 4.72 Å². The van der Waals surface area contributed by atoms with Crippen molar-refractivity contribution in [3.63, 3.8) is 0 Å². The Labute approximate surface area is 124 Å². The van der Waals surface area contributed by atoms with Crippen molar-refractivity contribution in [3.05, 3.63) is 29.3 Å². The Kier molecular flexibility index (Phi) is 5.08. The first-order chi connectivity index (χ1) is 9.53. The Hall–Kier alpha value is -1.03. The molecule has 1 aromatic carbocycles. The molecule has 108 valence electrons. The van der Waals surface area contributed by atoms with E-state index in [0.717, 1.165) is 12.2 Å². The predicted octanol–water partition coefficient (Wildman–Crippen LogP) is 2.43. The number of hydrogen-bond acceptors (Lipinski definition) is 4. The molecule has 1 fully saturated rings. The molecule has 20 heavy (non-hydrogen) atoms. The Morgan fingerprint density at radius 3 is 2.90 bits per heavy atom. The van der Waals surface area contributed by atoms with Crippen molar-refractivity contribution in [2.45, 2.75) is 36.3 Å². The van der Waals surface area contributed by atoms with Gasteiger partial charge in [-0.05, 0) is 43.2 Å². The lowest BCUT2D eigenvalue weighted by Crippen LogP contribution is -2.32. The number of sulfonamides is 1. The zero-order valence-corrected chi connectivity index (χ0v) is 13.1. The van der Waals surface area contributed by atoms with Gasteiger partial charge in [-0.1, -0.05) is 12.5 Å². The van der Waals surface area contributed by atoms with E-state index >= 15 is 0 Å². The van der Waals surface area contributed by atoms with E-state index < -0.39 is 10.0 Å². The molecule has 0 saturated carbocycles. The van der Waals surface area contributed by atoms with Crippen LogP contribution in [0.15, 0.2) is 23.1 Å². The van der Waals surface area contributed by atoms with Crippen molar-refractivity contribution < 1.29 is 8.42 Å². The second-order valence-electron chi connectivity index (χ2n) is 4.93. The first-order valence-corrected chi connectivity index (χ1v) is 9.18. The van der Waals surface area contributed by atoms with Gasteiger partial charge in [-0.15, -0.1) is 0 Å². The lowest BCUT2D eigenvalue weighted by Gasteiger charge is -2.21. The summed E-state index contributed by atoms with van der Waals surface area (Å²) in [5.74, 6) is 1.11. The number of nitriles is 1. The molecule has 1 aliphatic rings. The first kappa shape index (κ1) is 15.4. The van der Waals surface area contributed by atoms with Crippen molar-refractivity contribution in [2.24, 2.45) is 0 Å². The molecular formula is C14H18N2O2S2. The van der Waals surface area contributed by atoms with Crippen molar-refractivity contribution in [3.8, 4) is 6.07 Å². The lowest BCUT2D eigenvalue weighted by molar-refractivity contribution is 0.573. The zero-order valence-electron chi connectivity index (χ0n) is 11.4. The Balaban J connectivity index is 2.11. The maximum atomic E-state index is 12.3. The third-order valence-electron chi connectivity index (χ3n) is 3.38. The Morgan fingerprint density at radius 1 is 1.45 bits per heavy atom. The molecule has 0 spiro atoms. The highest BCUT2D eigenvalue weighted by atomic mass is 32.2. The second-order valence-corrected chi connectivity index (χ2v) is 8.08. The summed E-state index contributed by atoms with van der Waals surface area (Å²) in [4.78, 5) is 0.206. The van der Waals surface area contributed by atoms with Gasteiger partial charge in [-0.2, -0.15) is 17.0 Å².